The second kappa shape index (κ2) is 5.33. The number of methoxy groups -OCH3 is 1. The molecule has 5 heteroatoms. The minimum atomic E-state index is -0.758. The van der Waals surface area contributed by atoms with Gasteiger partial charge in [-0.2, -0.15) is 0 Å². The van der Waals surface area contributed by atoms with E-state index in [-0.39, 0.29) is 5.41 Å². The molecule has 0 spiro atoms. The van der Waals surface area contributed by atoms with E-state index >= 15 is 0 Å². The summed E-state index contributed by atoms with van der Waals surface area (Å²) in [5.41, 5.74) is -0.260. The van der Waals surface area contributed by atoms with Crippen molar-refractivity contribution in [3.8, 4) is 5.88 Å². The van der Waals surface area contributed by atoms with Crippen LogP contribution >= 0.6 is 15.9 Å². The van der Waals surface area contributed by atoms with Crippen molar-refractivity contribution >= 4 is 15.9 Å². The molecule has 17 heavy (non-hydrogen) atoms. The summed E-state index contributed by atoms with van der Waals surface area (Å²) in [5, 5.41) is 9.82. The number of hydrogen-bond donors (Lipinski definition) is 1. The molecule has 0 amide bonds. The number of aromatic nitrogens is 1. The quantitative estimate of drug-likeness (QED) is 0.848. The summed E-state index contributed by atoms with van der Waals surface area (Å²) in [6.07, 6.45) is 3.90. The second-order valence-electron chi connectivity index (χ2n) is 4.41. The van der Waals surface area contributed by atoms with Crippen LogP contribution in [0.3, 0.4) is 0 Å². The molecule has 0 bridgehead atoms. The molecule has 94 valence electrons. The molecular weight excluding hydrogens is 286 g/mol. The van der Waals surface area contributed by atoms with Gasteiger partial charge in [-0.25, -0.2) is 4.98 Å². The van der Waals surface area contributed by atoms with Crippen LogP contribution < -0.4 is 4.74 Å². The molecule has 1 atom stereocenters. The fraction of sp³-hybridized carbons (Fsp3) is 0.583. The van der Waals surface area contributed by atoms with E-state index in [2.05, 4.69) is 20.9 Å². The first-order valence-corrected chi connectivity index (χ1v) is 6.41. The maximum atomic E-state index is 9.82. The van der Waals surface area contributed by atoms with E-state index in [9.17, 15) is 5.11 Å². The molecular formula is C12H16BrNO3. The van der Waals surface area contributed by atoms with Crippen molar-refractivity contribution in [3.05, 3.63) is 22.8 Å². The summed E-state index contributed by atoms with van der Waals surface area (Å²) in [4.78, 5) is 4.13. The standard InChI is InChI=1S/C12H16BrNO3/c1-16-11(15)12(5-2-6-12)8-17-10-4-3-9(13)7-14-10/h3-4,7,11,15H,2,5-6,8H2,1H3. The van der Waals surface area contributed by atoms with Crippen LogP contribution in [0, 0.1) is 5.41 Å². The zero-order valence-electron chi connectivity index (χ0n) is 9.73. The smallest absolute Gasteiger partial charge is 0.213 e. The van der Waals surface area contributed by atoms with Gasteiger partial charge in [-0.15, -0.1) is 0 Å². The van der Waals surface area contributed by atoms with Gasteiger partial charge in [0, 0.05) is 23.8 Å². The number of aliphatic hydroxyl groups is 1. The topological polar surface area (TPSA) is 51.6 Å². The van der Waals surface area contributed by atoms with E-state index in [1.807, 2.05) is 6.07 Å². The van der Waals surface area contributed by atoms with E-state index in [1.165, 1.54) is 7.11 Å². The van der Waals surface area contributed by atoms with Gasteiger partial charge in [-0.05, 0) is 34.8 Å². The number of nitrogens with zero attached hydrogens (tertiary/aromatic N) is 1. The number of pyridine rings is 1. The molecule has 1 heterocycles. The first kappa shape index (κ1) is 12.8. The highest BCUT2D eigenvalue weighted by molar-refractivity contribution is 9.10. The van der Waals surface area contributed by atoms with Crippen LogP contribution in [0.5, 0.6) is 5.88 Å². The van der Waals surface area contributed by atoms with Crippen LogP contribution in [-0.4, -0.2) is 30.1 Å². The van der Waals surface area contributed by atoms with Crippen LogP contribution in [-0.2, 0) is 4.74 Å². The third-order valence-electron chi connectivity index (χ3n) is 3.30. The molecule has 2 rings (SSSR count). The average molecular weight is 302 g/mol. The first-order chi connectivity index (χ1) is 8.16. The van der Waals surface area contributed by atoms with E-state index in [1.54, 1.807) is 12.3 Å². The third-order valence-corrected chi connectivity index (χ3v) is 3.77. The Morgan fingerprint density at radius 1 is 1.53 bits per heavy atom. The zero-order valence-corrected chi connectivity index (χ0v) is 11.3. The van der Waals surface area contributed by atoms with E-state index in [4.69, 9.17) is 9.47 Å². The molecule has 1 saturated carbocycles. The summed E-state index contributed by atoms with van der Waals surface area (Å²) in [7, 11) is 1.52. The Hall–Kier alpha value is -0.650. The number of hydrogen-bond acceptors (Lipinski definition) is 4. The van der Waals surface area contributed by atoms with Crippen molar-refractivity contribution in [2.75, 3.05) is 13.7 Å². The molecule has 0 aromatic carbocycles. The molecule has 4 nitrogen and oxygen atoms in total. The molecule has 1 aliphatic carbocycles. The van der Waals surface area contributed by atoms with Crippen molar-refractivity contribution in [1.82, 2.24) is 4.98 Å². The normalized spacial score (nSPS) is 19.5. The van der Waals surface area contributed by atoms with Crippen LogP contribution in [0.4, 0.5) is 0 Å². The van der Waals surface area contributed by atoms with Crippen LogP contribution in [0.2, 0.25) is 0 Å². The monoisotopic (exact) mass is 301 g/mol. The SMILES string of the molecule is COC(O)C1(COc2ccc(Br)cn2)CCC1. The molecule has 0 aliphatic heterocycles. The lowest BCUT2D eigenvalue weighted by Crippen LogP contribution is -2.47. The molecule has 0 saturated heterocycles. The van der Waals surface area contributed by atoms with Gasteiger partial charge < -0.3 is 14.6 Å². The third kappa shape index (κ3) is 2.78. The Labute approximate surface area is 109 Å². The van der Waals surface area contributed by atoms with Gasteiger partial charge in [0.2, 0.25) is 5.88 Å². The summed E-state index contributed by atoms with van der Waals surface area (Å²) < 4.78 is 11.5. The van der Waals surface area contributed by atoms with Gasteiger partial charge in [-0.3, -0.25) is 0 Å². The van der Waals surface area contributed by atoms with Crippen molar-refractivity contribution in [1.29, 1.82) is 0 Å². The minimum absolute atomic E-state index is 0.260. The molecule has 1 aromatic rings. The summed E-state index contributed by atoms with van der Waals surface area (Å²) in [6, 6.07) is 3.68. The second-order valence-corrected chi connectivity index (χ2v) is 5.32. The van der Waals surface area contributed by atoms with Crippen molar-refractivity contribution in [2.45, 2.75) is 25.6 Å². The highest BCUT2D eigenvalue weighted by Crippen LogP contribution is 2.44. The van der Waals surface area contributed by atoms with Crippen LogP contribution in [0.25, 0.3) is 0 Å². The predicted octanol–water partition coefficient (Wildman–Crippen LogP) is 2.36. The van der Waals surface area contributed by atoms with Gasteiger partial charge in [0.15, 0.2) is 6.29 Å². The average Bonchev–Trinajstić information content (AvgIpc) is 2.29. The van der Waals surface area contributed by atoms with Crippen LogP contribution in [0.1, 0.15) is 19.3 Å². The molecule has 1 unspecified atom stereocenters. The lowest BCUT2D eigenvalue weighted by Gasteiger charge is -2.43. The van der Waals surface area contributed by atoms with Crippen molar-refractivity contribution < 1.29 is 14.6 Å². The fourth-order valence-corrected chi connectivity index (χ4v) is 2.24. The van der Waals surface area contributed by atoms with Gasteiger partial charge in [-0.1, -0.05) is 6.42 Å². The predicted molar refractivity (Wildman–Crippen MR) is 66.7 cm³/mol. The summed E-state index contributed by atoms with van der Waals surface area (Å²) in [6.45, 7) is 0.441. The Bertz CT molecular complexity index is 365. The maximum Gasteiger partial charge on any atom is 0.213 e. The summed E-state index contributed by atoms with van der Waals surface area (Å²) in [5.74, 6) is 0.572. The Balaban J connectivity index is 1.94. The first-order valence-electron chi connectivity index (χ1n) is 5.61. The lowest BCUT2D eigenvalue weighted by molar-refractivity contribution is -0.197. The van der Waals surface area contributed by atoms with Crippen molar-refractivity contribution in [2.24, 2.45) is 5.41 Å². The van der Waals surface area contributed by atoms with Gasteiger partial charge in [0.05, 0.1) is 5.41 Å². The van der Waals surface area contributed by atoms with Crippen molar-refractivity contribution in [3.63, 3.8) is 0 Å². The van der Waals surface area contributed by atoms with Gasteiger partial charge in [0.1, 0.15) is 6.61 Å². The van der Waals surface area contributed by atoms with E-state index in [0.717, 1.165) is 23.7 Å². The maximum absolute atomic E-state index is 9.82. The molecule has 1 fully saturated rings. The highest BCUT2D eigenvalue weighted by atomic mass is 79.9. The zero-order chi connectivity index (χ0) is 12.3. The van der Waals surface area contributed by atoms with Gasteiger partial charge >= 0.3 is 0 Å². The summed E-state index contributed by atoms with van der Waals surface area (Å²) >= 11 is 3.32. The largest absolute Gasteiger partial charge is 0.477 e. The Morgan fingerprint density at radius 2 is 2.29 bits per heavy atom. The van der Waals surface area contributed by atoms with E-state index in [0.29, 0.717) is 12.5 Å². The lowest BCUT2D eigenvalue weighted by atomic mass is 9.69. The Kier molecular flexibility index (Phi) is 4.01. The number of aliphatic hydroxyl groups excluding tert-OH is 1. The number of halogens is 1. The Morgan fingerprint density at radius 3 is 2.76 bits per heavy atom. The number of ether oxygens (including phenoxy) is 2. The molecule has 1 aliphatic rings. The van der Waals surface area contributed by atoms with E-state index < -0.39 is 6.29 Å². The van der Waals surface area contributed by atoms with Gasteiger partial charge in [0.25, 0.3) is 0 Å². The fourth-order valence-electron chi connectivity index (χ4n) is 2.01. The molecule has 0 radical (unpaired) electrons. The number of rotatable bonds is 5. The highest BCUT2D eigenvalue weighted by Gasteiger charge is 2.45. The van der Waals surface area contributed by atoms with Crippen LogP contribution in [0.15, 0.2) is 22.8 Å². The molecule has 1 aromatic heterocycles. The molecule has 1 N–H and O–H groups in total. The minimum Gasteiger partial charge on any atom is -0.477 e.